The standard InChI is InChI=1S/C7H6BrN3O2/c1-10-5(8)3-11-6(10)4(2-9-11)7(12)13/h2-3H,1H3,(H,12,13). The van der Waals surface area contributed by atoms with E-state index in [2.05, 4.69) is 21.0 Å². The smallest absolute Gasteiger partial charge is 0.341 e. The lowest BCUT2D eigenvalue weighted by atomic mass is 10.3. The van der Waals surface area contributed by atoms with Gasteiger partial charge in [-0.2, -0.15) is 5.10 Å². The van der Waals surface area contributed by atoms with E-state index in [0.717, 1.165) is 4.60 Å². The summed E-state index contributed by atoms with van der Waals surface area (Å²) in [6.45, 7) is 0. The minimum atomic E-state index is -0.969. The molecule has 0 saturated heterocycles. The number of carbonyl (C=O) groups is 1. The van der Waals surface area contributed by atoms with Gasteiger partial charge in [-0.1, -0.05) is 0 Å². The molecule has 0 aliphatic rings. The second-order valence-electron chi connectivity index (χ2n) is 2.64. The number of halogens is 1. The lowest BCUT2D eigenvalue weighted by Crippen LogP contribution is -1.98. The van der Waals surface area contributed by atoms with Gasteiger partial charge in [0.1, 0.15) is 10.2 Å². The van der Waals surface area contributed by atoms with Crippen molar-refractivity contribution < 1.29 is 9.90 Å². The summed E-state index contributed by atoms with van der Waals surface area (Å²) < 4.78 is 4.03. The number of aromatic carboxylic acids is 1. The molecule has 0 atom stereocenters. The maximum absolute atomic E-state index is 10.8. The Labute approximate surface area is 81.7 Å². The van der Waals surface area contributed by atoms with Gasteiger partial charge in [0.25, 0.3) is 0 Å². The van der Waals surface area contributed by atoms with Gasteiger partial charge in [0.2, 0.25) is 0 Å². The molecule has 1 N–H and O–H groups in total. The third-order valence-electron chi connectivity index (χ3n) is 1.87. The summed E-state index contributed by atoms with van der Waals surface area (Å²) in [5, 5.41) is 12.7. The molecule has 0 spiro atoms. The molecule has 13 heavy (non-hydrogen) atoms. The van der Waals surface area contributed by atoms with E-state index >= 15 is 0 Å². The van der Waals surface area contributed by atoms with Crippen LogP contribution in [0.1, 0.15) is 10.4 Å². The van der Waals surface area contributed by atoms with Gasteiger partial charge in [-0.05, 0) is 15.9 Å². The molecule has 6 heteroatoms. The summed E-state index contributed by atoms with van der Waals surface area (Å²) in [7, 11) is 1.77. The molecule has 2 aromatic rings. The fourth-order valence-corrected chi connectivity index (χ4v) is 1.59. The first kappa shape index (κ1) is 8.31. The lowest BCUT2D eigenvalue weighted by molar-refractivity contribution is 0.0698. The largest absolute Gasteiger partial charge is 0.477 e. The van der Waals surface area contributed by atoms with Crippen LogP contribution in [0.2, 0.25) is 0 Å². The highest BCUT2D eigenvalue weighted by atomic mass is 79.9. The van der Waals surface area contributed by atoms with Crippen molar-refractivity contribution in [2.45, 2.75) is 0 Å². The van der Waals surface area contributed by atoms with Crippen molar-refractivity contribution in [3.63, 3.8) is 0 Å². The van der Waals surface area contributed by atoms with Crippen LogP contribution < -0.4 is 0 Å². The maximum atomic E-state index is 10.8. The number of aromatic nitrogens is 3. The molecule has 68 valence electrons. The predicted molar refractivity (Wildman–Crippen MR) is 48.8 cm³/mol. The van der Waals surface area contributed by atoms with Gasteiger partial charge >= 0.3 is 5.97 Å². The van der Waals surface area contributed by atoms with Crippen LogP contribution >= 0.6 is 15.9 Å². The molecule has 0 radical (unpaired) electrons. The molecule has 2 rings (SSSR count). The first-order chi connectivity index (χ1) is 6.11. The molecular weight excluding hydrogens is 238 g/mol. The highest BCUT2D eigenvalue weighted by Crippen LogP contribution is 2.17. The first-order valence-corrected chi connectivity index (χ1v) is 4.32. The number of rotatable bonds is 1. The number of carboxylic acid groups (broad SMARTS) is 1. The van der Waals surface area contributed by atoms with Crippen LogP contribution in [0.5, 0.6) is 0 Å². The Kier molecular flexibility index (Phi) is 1.66. The quantitative estimate of drug-likeness (QED) is 0.818. The van der Waals surface area contributed by atoms with Gasteiger partial charge in [-0.25, -0.2) is 9.31 Å². The summed E-state index contributed by atoms with van der Waals surface area (Å²) >= 11 is 3.28. The van der Waals surface area contributed by atoms with E-state index in [1.165, 1.54) is 10.7 Å². The molecule has 0 bridgehead atoms. The van der Waals surface area contributed by atoms with Gasteiger partial charge in [-0.15, -0.1) is 0 Å². The Morgan fingerprint density at radius 1 is 1.69 bits per heavy atom. The summed E-state index contributed by atoms with van der Waals surface area (Å²) in [6.07, 6.45) is 3.05. The predicted octanol–water partition coefficient (Wildman–Crippen LogP) is 1.13. The maximum Gasteiger partial charge on any atom is 0.341 e. The fourth-order valence-electron chi connectivity index (χ4n) is 1.22. The molecular formula is C7H6BrN3O2. The van der Waals surface area contributed by atoms with Crippen LogP contribution in [0.4, 0.5) is 0 Å². The van der Waals surface area contributed by atoms with Crippen molar-refractivity contribution >= 4 is 27.5 Å². The summed E-state index contributed by atoms with van der Waals surface area (Å²) in [5.41, 5.74) is 0.771. The fraction of sp³-hybridized carbons (Fsp3) is 0.143. The topological polar surface area (TPSA) is 59.5 Å². The van der Waals surface area contributed by atoms with E-state index < -0.39 is 5.97 Å². The minimum absolute atomic E-state index is 0.202. The SMILES string of the molecule is Cn1c(Br)cn2ncc(C(=O)O)c12. The van der Waals surface area contributed by atoms with Crippen molar-refractivity contribution in [1.82, 2.24) is 14.2 Å². The average molecular weight is 244 g/mol. The first-order valence-electron chi connectivity index (χ1n) is 3.53. The highest BCUT2D eigenvalue weighted by Gasteiger charge is 2.15. The number of aryl methyl sites for hydroxylation is 1. The number of fused-ring (bicyclic) bond motifs is 1. The van der Waals surface area contributed by atoms with Gasteiger partial charge in [0.05, 0.1) is 12.4 Å². The molecule has 0 fully saturated rings. The molecule has 2 aromatic heterocycles. The minimum Gasteiger partial charge on any atom is -0.477 e. The van der Waals surface area contributed by atoms with E-state index in [-0.39, 0.29) is 5.56 Å². The third-order valence-corrected chi connectivity index (χ3v) is 2.60. The van der Waals surface area contributed by atoms with Crippen molar-refractivity contribution in [2.75, 3.05) is 0 Å². The Morgan fingerprint density at radius 3 is 3.00 bits per heavy atom. The Morgan fingerprint density at radius 2 is 2.38 bits per heavy atom. The summed E-state index contributed by atoms with van der Waals surface area (Å²) in [5.74, 6) is -0.969. The van der Waals surface area contributed by atoms with Crippen LogP contribution in [0.25, 0.3) is 5.65 Å². The highest BCUT2D eigenvalue weighted by molar-refractivity contribution is 9.10. The summed E-state index contributed by atoms with van der Waals surface area (Å²) in [6, 6.07) is 0. The third kappa shape index (κ3) is 1.06. The second-order valence-corrected chi connectivity index (χ2v) is 3.45. The summed E-state index contributed by atoms with van der Waals surface area (Å²) in [4.78, 5) is 10.8. The zero-order valence-corrected chi connectivity index (χ0v) is 8.32. The van der Waals surface area contributed by atoms with Gasteiger partial charge in [0, 0.05) is 7.05 Å². The lowest BCUT2D eigenvalue weighted by Gasteiger charge is -1.94. The Bertz CT molecular complexity index is 485. The van der Waals surface area contributed by atoms with Crippen LogP contribution in [-0.4, -0.2) is 25.3 Å². The average Bonchev–Trinajstić information content (AvgIpc) is 2.55. The van der Waals surface area contributed by atoms with E-state index in [0.29, 0.717) is 5.65 Å². The molecule has 0 aliphatic heterocycles. The van der Waals surface area contributed by atoms with Gasteiger partial charge in [0.15, 0.2) is 5.65 Å². The van der Waals surface area contributed by atoms with Gasteiger partial charge < -0.3 is 9.67 Å². The van der Waals surface area contributed by atoms with E-state index in [1.807, 2.05) is 0 Å². The normalized spacial score (nSPS) is 10.9. The van der Waals surface area contributed by atoms with Crippen molar-refractivity contribution in [2.24, 2.45) is 7.05 Å². The molecule has 0 unspecified atom stereocenters. The number of hydrogen-bond acceptors (Lipinski definition) is 2. The molecule has 2 heterocycles. The van der Waals surface area contributed by atoms with Crippen molar-refractivity contribution in [3.8, 4) is 0 Å². The molecule has 0 aromatic carbocycles. The second kappa shape index (κ2) is 2.59. The number of carboxylic acids is 1. The Balaban J connectivity index is 2.85. The number of hydrogen-bond donors (Lipinski definition) is 1. The van der Waals surface area contributed by atoms with E-state index in [9.17, 15) is 4.79 Å². The molecule has 0 amide bonds. The van der Waals surface area contributed by atoms with Crippen LogP contribution in [0, 0.1) is 0 Å². The number of nitrogens with zero attached hydrogens (tertiary/aromatic N) is 3. The molecule has 5 nitrogen and oxygen atoms in total. The van der Waals surface area contributed by atoms with Crippen LogP contribution in [0.15, 0.2) is 17.0 Å². The van der Waals surface area contributed by atoms with Crippen LogP contribution in [-0.2, 0) is 7.05 Å². The van der Waals surface area contributed by atoms with Crippen molar-refractivity contribution in [1.29, 1.82) is 0 Å². The van der Waals surface area contributed by atoms with Crippen molar-refractivity contribution in [3.05, 3.63) is 22.6 Å². The zero-order valence-electron chi connectivity index (χ0n) is 6.73. The Hall–Kier alpha value is -1.30. The zero-order chi connectivity index (χ0) is 9.59. The van der Waals surface area contributed by atoms with Crippen LogP contribution in [0.3, 0.4) is 0 Å². The van der Waals surface area contributed by atoms with E-state index in [4.69, 9.17) is 5.11 Å². The molecule has 0 saturated carbocycles. The number of imidazole rings is 1. The monoisotopic (exact) mass is 243 g/mol. The van der Waals surface area contributed by atoms with Gasteiger partial charge in [-0.3, -0.25) is 0 Å². The van der Waals surface area contributed by atoms with E-state index in [1.54, 1.807) is 17.8 Å². The molecule has 0 aliphatic carbocycles.